The summed E-state index contributed by atoms with van der Waals surface area (Å²) in [6, 6.07) is 10.0. The summed E-state index contributed by atoms with van der Waals surface area (Å²) in [7, 11) is 0. The summed E-state index contributed by atoms with van der Waals surface area (Å²) < 4.78 is 13.5. The van der Waals surface area contributed by atoms with Crippen molar-refractivity contribution in [1.82, 2.24) is 10.3 Å². The van der Waals surface area contributed by atoms with Gasteiger partial charge < -0.3 is 10.6 Å². The second-order valence-electron chi connectivity index (χ2n) is 5.82. The number of nitrogens with one attached hydrogen (secondary N) is 2. The summed E-state index contributed by atoms with van der Waals surface area (Å²) in [6.45, 7) is 5.23. The van der Waals surface area contributed by atoms with Gasteiger partial charge in [-0.1, -0.05) is 32.0 Å². The first-order chi connectivity index (χ1) is 11.1. The molecule has 122 valence electrons. The van der Waals surface area contributed by atoms with Gasteiger partial charge in [0, 0.05) is 24.8 Å². The highest BCUT2D eigenvalue weighted by molar-refractivity contribution is 5.94. The Morgan fingerprint density at radius 1 is 1.22 bits per heavy atom. The van der Waals surface area contributed by atoms with E-state index in [4.69, 9.17) is 0 Å². The first-order valence-electron chi connectivity index (χ1n) is 7.78. The number of anilines is 1. The Hall–Kier alpha value is -2.43. The average Bonchev–Trinajstić information content (AvgIpc) is 2.54. The highest BCUT2D eigenvalue weighted by Gasteiger charge is 2.06. The summed E-state index contributed by atoms with van der Waals surface area (Å²) >= 11 is 0. The zero-order valence-corrected chi connectivity index (χ0v) is 13.5. The van der Waals surface area contributed by atoms with Crippen LogP contribution in [0.2, 0.25) is 0 Å². The van der Waals surface area contributed by atoms with Gasteiger partial charge in [-0.2, -0.15) is 0 Å². The van der Waals surface area contributed by atoms with E-state index >= 15 is 0 Å². The van der Waals surface area contributed by atoms with E-state index in [1.54, 1.807) is 30.3 Å². The summed E-state index contributed by atoms with van der Waals surface area (Å²) in [4.78, 5) is 16.1. The molecule has 2 rings (SSSR count). The number of pyridine rings is 1. The fourth-order valence-electron chi connectivity index (χ4n) is 2.04. The van der Waals surface area contributed by atoms with E-state index in [-0.39, 0.29) is 11.7 Å². The molecule has 0 saturated heterocycles. The number of halogens is 1. The van der Waals surface area contributed by atoms with Crippen molar-refractivity contribution in [1.29, 1.82) is 0 Å². The molecule has 0 bridgehead atoms. The molecule has 0 atom stereocenters. The maximum atomic E-state index is 13.5. The van der Waals surface area contributed by atoms with Crippen LogP contribution in [0.1, 0.15) is 36.2 Å². The van der Waals surface area contributed by atoms with Gasteiger partial charge in [0.2, 0.25) is 0 Å². The number of amides is 1. The lowest BCUT2D eigenvalue weighted by Crippen LogP contribution is -2.25. The maximum Gasteiger partial charge on any atom is 0.252 e. The summed E-state index contributed by atoms with van der Waals surface area (Å²) in [5.74, 6) is 0.783. The van der Waals surface area contributed by atoms with Crippen LogP contribution in [0.3, 0.4) is 0 Å². The smallest absolute Gasteiger partial charge is 0.252 e. The Kier molecular flexibility index (Phi) is 6.09. The molecule has 1 aromatic heterocycles. The minimum Gasteiger partial charge on any atom is -0.366 e. The lowest BCUT2D eigenvalue weighted by molar-refractivity contribution is 0.0951. The standard InChI is InChI=1S/C18H22FN3O/c1-13(2)9-10-20-18(23)15-7-8-17(22-12-15)21-11-14-5-3-4-6-16(14)19/h3-8,12-13H,9-11H2,1-2H3,(H,20,23)(H,21,22). The zero-order chi connectivity index (χ0) is 16.7. The molecule has 23 heavy (non-hydrogen) atoms. The van der Waals surface area contributed by atoms with E-state index in [9.17, 15) is 9.18 Å². The normalized spacial score (nSPS) is 10.6. The zero-order valence-electron chi connectivity index (χ0n) is 13.5. The lowest BCUT2D eigenvalue weighted by atomic mass is 10.1. The Labute approximate surface area is 136 Å². The fraction of sp³-hybridized carbons (Fsp3) is 0.333. The second kappa shape index (κ2) is 8.27. The predicted molar refractivity (Wildman–Crippen MR) is 89.8 cm³/mol. The Bertz CT molecular complexity index is 641. The van der Waals surface area contributed by atoms with Gasteiger partial charge in [-0.05, 0) is 30.5 Å². The first kappa shape index (κ1) is 16.9. The Balaban J connectivity index is 1.87. The molecular weight excluding hydrogens is 293 g/mol. The number of aromatic nitrogens is 1. The van der Waals surface area contributed by atoms with Crippen LogP contribution in [0.15, 0.2) is 42.6 Å². The van der Waals surface area contributed by atoms with Gasteiger partial charge in [0.15, 0.2) is 0 Å². The molecule has 1 heterocycles. The van der Waals surface area contributed by atoms with E-state index in [1.807, 2.05) is 0 Å². The minimum absolute atomic E-state index is 0.126. The van der Waals surface area contributed by atoms with Crippen molar-refractivity contribution in [2.45, 2.75) is 26.8 Å². The van der Waals surface area contributed by atoms with E-state index in [2.05, 4.69) is 29.5 Å². The molecule has 0 aliphatic carbocycles. The van der Waals surface area contributed by atoms with Crippen molar-refractivity contribution < 1.29 is 9.18 Å². The van der Waals surface area contributed by atoms with Crippen molar-refractivity contribution in [3.63, 3.8) is 0 Å². The number of rotatable bonds is 7. The van der Waals surface area contributed by atoms with Crippen molar-refractivity contribution in [3.8, 4) is 0 Å². The summed E-state index contributed by atoms with van der Waals surface area (Å²) in [5, 5.41) is 5.91. The Morgan fingerprint density at radius 3 is 2.65 bits per heavy atom. The van der Waals surface area contributed by atoms with Crippen LogP contribution in [0.5, 0.6) is 0 Å². The monoisotopic (exact) mass is 315 g/mol. The topological polar surface area (TPSA) is 54.0 Å². The van der Waals surface area contributed by atoms with E-state index < -0.39 is 0 Å². The molecule has 0 unspecified atom stereocenters. The third-order valence-corrected chi connectivity index (χ3v) is 3.45. The van der Waals surface area contributed by atoms with Crippen LogP contribution in [-0.4, -0.2) is 17.4 Å². The number of benzene rings is 1. The van der Waals surface area contributed by atoms with Crippen LogP contribution < -0.4 is 10.6 Å². The highest BCUT2D eigenvalue weighted by Crippen LogP contribution is 2.10. The van der Waals surface area contributed by atoms with E-state index in [1.165, 1.54) is 12.3 Å². The molecule has 0 aliphatic rings. The van der Waals surface area contributed by atoms with Crippen molar-refractivity contribution >= 4 is 11.7 Å². The number of carbonyl (C=O) groups is 1. The molecule has 4 nitrogen and oxygen atoms in total. The van der Waals surface area contributed by atoms with Gasteiger partial charge in [0.1, 0.15) is 11.6 Å². The highest BCUT2D eigenvalue weighted by atomic mass is 19.1. The summed E-state index contributed by atoms with van der Waals surface area (Å²) in [5.41, 5.74) is 1.09. The molecule has 0 spiro atoms. The average molecular weight is 315 g/mol. The van der Waals surface area contributed by atoms with E-state index in [0.717, 1.165) is 6.42 Å². The molecule has 0 fully saturated rings. The molecule has 0 aliphatic heterocycles. The van der Waals surface area contributed by atoms with Gasteiger partial charge >= 0.3 is 0 Å². The fourth-order valence-corrected chi connectivity index (χ4v) is 2.04. The van der Waals surface area contributed by atoms with Gasteiger partial charge in [-0.3, -0.25) is 4.79 Å². The molecule has 1 aromatic carbocycles. The number of hydrogen-bond donors (Lipinski definition) is 2. The van der Waals surface area contributed by atoms with Crippen molar-refractivity contribution in [2.24, 2.45) is 5.92 Å². The molecular formula is C18H22FN3O. The van der Waals surface area contributed by atoms with Crippen LogP contribution in [0, 0.1) is 11.7 Å². The van der Waals surface area contributed by atoms with E-state index in [0.29, 0.717) is 36.0 Å². The van der Waals surface area contributed by atoms with Crippen LogP contribution in [0.25, 0.3) is 0 Å². The molecule has 1 amide bonds. The maximum absolute atomic E-state index is 13.5. The SMILES string of the molecule is CC(C)CCNC(=O)c1ccc(NCc2ccccc2F)nc1. The van der Waals surface area contributed by atoms with Gasteiger partial charge in [0.05, 0.1) is 5.56 Å². The molecule has 5 heteroatoms. The lowest BCUT2D eigenvalue weighted by Gasteiger charge is -2.09. The second-order valence-corrected chi connectivity index (χ2v) is 5.82. The predicted octanol–water partition coefficient (Wildman–Crippen LogP) is 3.61. The molecule has 2 N–H and O–H groups in total. The van der Waals surface area contributed by atoms with Crippen molar-refractivity contribution in [2.75, 3.05) is 11.9 Å². The molecule has 0 radical (unpaired) electrons. The van der Waals surface area contributed by atoms with Gasteiger partial charge in [0.25, 0.3) is 5.91 Å². The quantitative estimate of drug-likeness (QED) is 0.820. The van der Waals surface area contributed by atoms with Gasteiger partial charge in [-0.25, -0.2) is 9.37 Å². The first-order valence-corrected chi connectivity index (χ1v) is 7.78. The van der Waals surface area contributed by atoms with Gasteiger partial charge in [-0.15, -0.1) is 0 Å². The number of carbonyl (C=O) groups excluding carboxylic acids is 1. The number of hydrogen-bond acceptors (Lipinski definition) is 3. The minimum atomic E-state index is -0.249. The largest absolute Gasteiger partial charge is 0.366 e. The van der Waals surface area contributed by atoms with Crippen LogP contribution in [-0.2, 0) is 6.54 Å². The molecule has 2 aromatic rings. The van der Waals surface area contributed by atoms with Crippen LogP contribution in [0.4, 0.5) is 10.2 Å². The third kappa shape index (κ3) is 5.36. The third-order valence-electron chi connectivity index (χ3n) is 3.45. The van der Waals surface area contributed by atoms with Crippen LogP contribution >= 0.6 is 0 Å². The van der Waals surface area contributed by atoms with Crippen molar-refractivity contribution in [3.05, 3.63) is 59.5 Å². The Morgan fingerprint density at radius 2 is 2.00 bits per heavy atom. The summed E-state index contributed by atoms with van der Waals surface area (Å²) in [6.07, 6.45) is 2.47. The number of nitrogens with zero attached hydrogens (tertiary/aromatic N) is 1. The molecule has 0 saturated carbocycles.